The van der Waals surface area contributed by atoms with Crippen LogP contribution in [-0.2, 0) is 0 Å². The van der Waals surface area contributed by atoms with Crippen molar-refractivity contribution in [2.75, 3.05) is 23.8 Å². The number of nitrogens with zero attached hydrogens (tertiary/aromatic N) is 1. The van der Waals surface area contributed by atoms with Gasteiger partial charge in [0.25, 0.3) is 5.91 Å². The van der Waals surface area contributed by atoms with Gasteiger partial charge < -0.3 is 10.2 Å². The van der Waals surface area contributed by atoms with E-state index in [1.807, 2.05) is 19.1 Å². The van der Waals surface area contributed by atoms with E-state index in [2.05, 4.69) is 5.32 Å². The first kappa shape index (κ1) is 14.1. The van der Waals surface area contributed by atoms with Gasteiger partial charge in [0.2, 0.25) is 0 Å². The maximum atomic E-state index is 12.9. The third-order valence-corrected chi connectivity index (χ3v) is 3.03. The molecular weight excluding hydrogens is 255 g/mol. The Kier molecular flexibility index (Phi) is 4.35. The first-order chi connectivity index (χ1) is 9.61. The molecule has 0 aliphatic heterocycles. The number of halogens is 1. The summed E-state index contributed by atoms with van der Waals surface area (Å²) in [5.74, 6) is -0.441. The summed E-state index contributed by atoms with van der Waals surface area (Å²) in [7, 11) is 1.67. The van der Waals surface area contributed by atoms with Gasteiger partial charge in [0, 0.05) is 30.5 Å². The van der Waals surface area contributed by atoms with Crippen molar-refractivity contribution in [2.24, 2.45) is 0 Å². The molecule has 20 heavy (non-hydrogen) atoms. The minimum atomic E-state index is -0.315. The number of rotatable bonds is 4. The van der Waals surface area contributed by atoms with Crippen LogP contribution in [0.3, 0.4) is 0 Å². The lowest BCUT2D eigenvalue weighted by atomic mass is 10.1. The molecule has 1 N–H and O–H groups in total. The topological polar surface area (TPSA) is 32.3 Å². The Bertz CT molecular complexity index is 578. The number of hydrogen-bond acceptors (Lipinski definition) is 2. The molecule has 0 aromatic heterocycles. The first-order valence-corrected chi connectivity index (χ1v) is 6.49. The molecule has 2 aromatic carbocycles. The summed E-state index contributed by atoms with van der Waals surface area (Å²) in [6.07, 6.45) is 0. The van der Waals surface area contributed by atoms with E-state index in [0.717, 1.165) is 12.2 Å². The lowest BCUT2D eigenvalue weighted by molar-refractivity contribution is 0.0993. The molecule has 104 valence electrons. The maximum Gasteiger partial charge on any atom is 0.258 e. The van der Waals surface area contributed by atoms with E-state index >= 15 is 0 Å². The lowest BCUT2D eigenvalue weighted by Crippen LogP contribution is -2.26. The Morgan fingerprint density at radius 3 is 2.25 bits per heavy atom. The normalized spacial score (nSPS) is 10.2. The molecule has 2 aromatic rings. The largest absolute Gasteiger partial charge is 0.385 e. The summed E-state index contributed by atoms with van der Waals surface area (Å²) < 4.78 is 12.9. The van der Waals surface area contributed by atoms with Crippen molar-refractivity contribution in [1.82, 2.24) is 0 Å². The number of amides is 1. The van der Waals surface area contributed by atoms with Crippen molar-refractivity contribution in [3.63, 3.8) is 0 Å². The van der Waals surface area contributed by atoms with Crippen LogP contribution < -0.4 is 10.2 Å². The molecule has 3 nitrogen and oxygen atoms in total. The molecule has 0 atom stereocenters. The van der Waals surface area contributed by atoms with Gasteiger partial charge in [0.15, 0.2) is 0 Å². The molecule has 0 aliphatic rings. The third-order valence-electron chi connectivity index (χ3n) is 3.03. The summed E-state index contributed by atoms with van der Waals surface area (Å²) >= 11 is 0. The summed E-state index contributed by atoms with van der Waals surface area (Å²) in [4.78, 5) is 13.8. The van der Waals surface area contributed by atoms with Gasteiger partial charge in [-0.25, -0.2) is 4.39 Å². The average molecular weight is 272 g/mol. The summed E-state index contributed by atoms with van der Waals surface area (Å²) in [6, 6.07) is 13.1. The van der Waals surface area contributed by atoms with E-state index in [1.165, 1.54) is 17.0 Å². The van der Waals surface area contributed by atoms with Crippen LogP contribution in [0, 0.1) is 5.82 Å². The highest BCUT2D eigenvalue weighted by molar-refractivity contribution is 6.05. The molecule has 0 aliphatic carbocycles. The summed E-state index contributed by atoms with van der Waals surface area (Å²) in [5, 5.41) is 3.17. The van der Waals surface area contributed by atoms with Gasteiger partial charge in [0.05, 0.1) is 0 Å². The van der Waals surface area contributed by atoms with Crippen LogP contribution in [0.5, 0.6) is 0 Å². The smallest absolute Gasteiger partial charge is 0.258 e. The quantitative estimate of drug-likeness (QED) is 0.923. The van der Waals surface area contributed by atoms with Crippen LogP contribution in [-0.4, -0.2) is 19.5 Å². The Morgan fingerprint density at radius 2 is 1.70 bits per heavy atom. The van der Waals surface area contributed by atoms with Crippen molar-refractivity contribution in [3.8, 4) is 0 Å². The third kappa shape index (κ3) is 3.15. The number of nitrogens with one attached hydrogen (secondary N) is 1. The zero-order valence-electron chi connectivity index (χ0n) is 11.6. The molecule has 0 saturated carbocycles. The van der Waals surface area contributed by atoms with Gasteiger partial charge in [-0.1, -0.05) is 0 Å². The monoisotopic (exact) mass is 272 g/mol. The fraction of sp³-hybridized carbons (Fsp3) is 0.188. The zero-order chi connectivity index (χ0) is 14.5. The fourth-order valence-electron chi connectivity index (χ4n) is 1.91. The Hall–Kier alpha value is -2.36. The van der Waals surface area contributed by atoms with Crippen LogP contribution in [0.25, 0.3) is 0 Å². The highest BCUT2D eigenvalue weighted by atomic mass is 19.1. The molecule has 0 spiro atoms. The van der Waals surface area contributed by atoms with E-state index in [0.29, 0.717) is 11.3 Å². The minimum absolute atomic E-state index is 0.125. The molecule has 0 bridgehead atoms. The number of carbonyl (C=O) groups is 1. The number of benzene rings is 2. The molecule has 0 saturated heterocycles. The van der Waals surface area contributed by atoms with Crippen molar-refractivity contribution in [1.29, 1.82) is 0 Å². The van der Waals surface area contributed by atoms with E-state index in [-0.39, 0.29) is 11.7 Å². The second-order valence-electron chi connectivity index (χ2n) is 4.45. The van der Waals surface area contributed by atoms with E-state index in [9.17, 15) is 9.18 Å². The van der Waals surface area contributed by atoms with Gasteiger partial charge in [-0.15, -0.1) is 0 Å². The van der Waals surface area contributed by atoms with Crippen molar-refractivity contribution in [3.05, 3.63) is 59.9 Å². The van der Waals surface area contributed by atoms with Gasteiger partial charge in [0.1, 0.15) is 5.82 Å². The van der Waals surface area contributed by atoms with Crippen LogP contribution >= 0.6 is 0 Å². The van der Waals surface area contributed by atoms with Gasteiger partial charge >= 0.3 is 0 Å². The molecule has 0 radical (unpaired) electrons. The second-order valence-corrected chi connectivity index (χ2v) is 4.45. The summed E-state index contributed by atoms with van der Waals surface area (Å²) in [6.45, 7) is 2.85. The maximum absolute atomic E-state index is 12.9. The molecule has 2 rings (SSSR count). The Morgan fingerprint density at radius 1 is 1.10 bits per heavy atom. The molecule has 4 heteroatoms. The highest BCUT2D eigenvalue weighted by Crippen LogP contribution is 2.17. The highest BCUT2D eigenvalue weighted by Gasteiger charge is 2.13. The second kappa shape index (κ2) is 6.19. The van der Waals surface area contributed by atoms with Crippen LogP contribution in [0.4, 0.5) is 15.8 Å². The van der Waals surface area contributed by atoms with Crippen molar-refractivity contribution >= 4 is 17.3 Å². The minimum Gasteiger partial charge on any atom is -0.385 e. The van der Waals surface area contributed by atoms with Gasteiger partial charge in [-0.05, 0) is 55.5 Å². The van der Waals surface area contributed by atoms with E-state index < -0.39 is 0 Å². The molecule has 0 unspecified atom stereocenters. The number of carbonyl (C=O) groups excluding carboxylic acids is 1. The van der Waals surface area contributed by atoms with E-state index in [4.69, 9.17) is 0 Å². The fourth-order valence-corrected chi connectivity index (χ4v) is 1.91. The first-order valence-electron chi connectivity index (χ1n) is 6.49. The average Bonchev–Trinajstić information content (AvgIpc) is 2.48. The number of anilines is 2. The van der Waals surface area contributed by atoms with Crippen LogP contribution in [0.15, 0.2) is 48.5 Å². The summed E-state index contributed by atoms with van der Waals surface area (Å²) in [5.41, 5.74) is 2.24. The molecule has 0 fully saturated rings. The van der Waals surface area contributed by atoms with Crippen LogP contribution in [0.1, 0.15) is 17.3 Å². The van der Waals surface area contributed by atoms with Crippen molar-refractivity contribution < 1.29 is 9.18 Å². The Labute approximate surface area is 118 Å². The van der Waals surface area contributed by atoms with Gasteiger partial charge in [-0.2, -0.15) is 0 Å². The lowest BCUT2D eigenvalue weighted by Gasteiger charge is -2.17. The zero-order valence-corrected chi connectivity index (χ0v) is 11.6. The van der Waals surface area contributed by atoms with Crippen LogP contribution in [0.2, 0.25) is 0 Å². The standard InChI is InChI=1S/C16H17FN2O/c1-3-18-14-8-4-12(5-9-14)16(20)19(2)15-10-6-13(17)7-11-15/h4-11,18H,3H2,1-2H3. The SMILES string of the molecule is CCNc1ccc(C(=O)N(C)c2ccc(F)cc2)cc1. The Balaban J connectivity index is 2.15. The van der Waals surface area contributed by atoms with Gasteiger partial charge in [-0.3, -0.25) is 4.79 Å². The molecule has 1 amide bonds. The predicted molar refractivity (Wildman–Crippen MR) is 79.7 cm³/mol. The van der Waals surface area contributed by atoms with Crippen molar-refractivity contribution in [2.45, 2.75) is 6.92 Å². The molecule has 0 heterocycles. The molecular formula is C16H17FN2O. The predicted octanol–water partition coefficient (Wildman–Crippen LogP) is 3.53. The number of hydrogen-bond donors (Lipinski definition) is 1. The van der Waals surface area contributed by atoms with E-state index in [1.54, 1.807) is 31.3 Å².